The van der Waals surface area contributed by atoms with Crippen molar-refractivity contribution in [1.82, 2.24) is 6.15 Å². The zero-order chi connectivity index (χ0) is 3.58. The van der Waals surface area contributed by atoms with Crippen LogP contribution in [0, 0.1) is 0 Å². The van der Waals surface area contributed by atoms with Crippen LogP contribution in [0.1, 0.15) is 6.92 Å². The van der Waals surface area contributed by atoms with Crippen molar-refractivity contribution in [2.24, 2.45) is 0 Å². The van der Waals surface area contributed by atoms with E-state index in [9.17, 15) is 0 Å². The largest absolute Gasteiger partial charge is 1.00 e. The first kappa shape index (κ1) is 16.8. The first-order chi connectivity index (χ1) is 1.73. The molecule has 0 aromatic heterocycles. The molecule has 0 atom stereocenters. The third-order valence-corrected chi connectivity index (χ3v) is 0. The Morgan fingerprint density at radius 2 is 1.67 bits per heavy atom. The van der Waals surface area contributed by atoms with Crippen molar-refractivity contribution in [3.63, 3.8) is 0 Å². The van der Waals surface area contributed by atoms with Gasteiger partial charge >= 0.3 is 0 Å². The van der Waals surface area contributed by atoms with Gasteiger partial charge in [0.2, 0.25) is 0 Å². The van der Waals surface area contributed by atoms with Gasteiger partial charge in [0.05, 0.1) is 0 Å². The highest BCUT2D eigenvalue weighted by molar-refractivity contribution is 5.62. The summed E-state index contributed by atoms with van der Waals surface area (Å²) < 4.78 is 0. The van der Waals surface area contributed by atoms with Gasteiger partial charge in [-0.05, 0) is 0 Å². The highest BCUT2D eigenvalue weighted by Gasteiger charge is 1.65. The third kappa shape index (κ3) is 4090. The van der Waals surface area contributed by atoms with Crippen molar-refractivity contribution in [2.45, 2.75) is 6.92 Å². The zero-order valence-corrected chi connectivity index (χ0v) is 5.32. The van der Waals surface area contributed by atoms with Gasteiger partial charge in [0, 0.05) is 6.92 Å². The molecule has 0 saturated carbocycles. The molecule has 0 aliphatic rings. The summed E-state index contributed by atoms with van der Waals surface area (Å²) in [5.41, 5.74) is 0. The van der Waals surface area contributed by atoms with Crippen molar-refractivity contribution >= 4 is 5.97 Å². The summed E-state index contributed by atoms with van der Waals surface area (Å²) in [6, 6.07) is 0. The van der Waals surface area contributed by atoms with Gasteiger partial charge in [-0.2, -0.15) is 0 Å². The Morgan fingerprint density at radius 1 is 1.67 bits per heavy atom. The molecule has 0 rings (SSSR count). The maximum Gasteiger partial charge on any atom is 0.300 e. The summed E-state index contributed by atoms with van der Waals surface area (Å²) in [6.45, 7) is 1.08. The molecule has 0 spiro atoms. The van der Waals surface area contributed by atoms with E-state index >= 15 is 0 Å². The van der Waals surface area contributed by atoms with Crippen LogP contribution in [0.2, 0.25) is 0 Å². The highest BCUT2D eigenvalue weighted by atomic mass is 79.9. The molecular formula is C2H8BrNO2. The SMILES string of the molecule is CC(=O)O.[Br-].[NH4+]. The fourth-order valence-electron chi connectivity index (χ4n) is 0. The molecule has 0 unspecified atom stereocenters. The van der Waals surface area contributed by atoms with Gasteiger partial charge in [-0.15, -0.1) is 0 Å². The van der Waals surface area contributed by atoms with Gasteiger partial charge in [0.1, 0.15) is 0 Å². The number of hydrogen-bond donors (Lipinski definition) is 2. The van der Waals surface area contributed by atoms with E-state index in [0.717, 1.165) is 6.92 Å². The Balaban J connectivity index is -0.0000000450. The molecule has 0 bridgehead atoms. The van der Waals surface area contributed by atoms with Gasteiger partial charge < -0.3 is 28.2 Å². The lowest BCUT2D eigenvalue weighted by Gasteiger charge is -1.59. The second-order valence-corrected chi connectivity index (χ2v) is 0.519. The topological polar surface area (TPSA) is 73.8 Å². The van der Waals surface area contributed by atoms with E-state index in [-0.39, 0.29) is 23.1 Å². The molecular weight excluding hydrogens is 150 g/mol. The molecule has 0 amide bonds. The van der Waals surface area contributed by atoms with Crippen molar-refractivity contribution in [2.75, 3.05) is 0 Å². The minimum Gasteiger partial charge on any atom is -1.00 e. The van der Waals surface area contributed by atoms with Crippen LogP contribution < -0.4 is 23.1 Å². The van der Waals surface area contributed by atoms with Crippen LogP contribution in [0.5, 0.6) is 0 Å². The van der Waals surface area contributed by atoms with Crippen LogP contribution in [0.15, 0.2) is 0 Å². The number of halogens is 1. The van der Waals surface area contributed by atoms with Crippen molar-refractivity contribution in [3.05, 3.63) is 0 Å². The van der Waals surface area contributed by atoms with Crippen molar-refractivity contribution < 1.29 is 26.9 Å². The van der Waals surface area contributed by atoms with E-state index in [0.29, 0.717) is 0 Å². The molecule has 0 heterocycles. The maximum atomic E-state index is 9.00. The first-order valence-corrected chi connectivity index (χ1v) is 0.928. The lowest BCUT2D eigenvalue weighted by Crippen LogP contribution is -3.00. The third-order valence-electron chi connectivity index (χ3n) is 0. The Kier molecular flexibility index (Phi) is 24.9. The smallest absolute Gasteiger partial charge is 0.300 e. The predicted octanol–water partition coefficient (Wildman–Crippen LogP) is -2.53. The number of rotatable bonds is 0. The fourth-order valence-corrected chi connectivity index (χ4v) is 0. The molecule has 0 fully saturated rings. The van der Waals surface area contributed by atoms with Crippen LogP contribution in [-0.2, 0) is 4.79 Å². The molecule has 5 N–H and O–H groups in total. The number of hydrogen-bond acceptors (Lipinski definition) is 1. The highest BCUT2D eigenvalue weighted by Crippen LogP contribution is 1.42. The number of carboxylic acids is 1. The molecule has 0 saturated heterocycles. The molecule has 0 aromatic carbocycles. The van der Waals surface area contributed by atoms with Crippen LogP contribution in [0.3, 0.4) is 0 Å². The van der Waals surface area contributed by atoms with Crippen molar-refractivity contribution in [3.8, 4) is 0 Å². The number of carbonyl (C=O) groups is 1. The summed E-state index contributed by atoms with van der Waals surface area (Å²) in [7, 11) is 0. The lowest BCUT2D eigenvalue weighted by molar-refractivity contribution is -0.134. The Morgan fingerprint density at radius 3 is 1.67 bits per heavy atom. The summed E-state index contributed by atoms with van der Waals surface area (Å²) in [5, 5.41) is 7.42. The molecule has 0 aromatic rings. The van der Waals surface area contributed by atoms with Gasteiger partial charge in [0.15, 0.2) is 0 Å². The molecule has 0 radical (unpaired) electrons. The maximum absolute atomic E-state index is 9.00. The summed E-state index contributed by atoms with van der Waals surface area (Å²) >= 11 is 0. The molecule has 0 aliphatic heterocycles. The number of carboxylic acid groups (broad SMARTS) is 1. The van der Waals surface area contributed by atoms with Crippen LogP contribution >= 0.6 is 0 Å². The second kappa shape index (κ2) is 8.86. The number of aliphatic carboxylic acids is 1. The van der Waals surface area contributed by atoms with Gasteiger partial charge in [0.25, 0.3) is 5.97 Å². The quantitative estimate of drug-likeness (QED) is 0.408. The molecule has 40 valence electrons. The number of quaternary nitrogens is 1. The Labute approximate surface area is 46.7 Å². The van der Waals surface area contributed by atoms with E-state index in [1.807, 2.05) is 0 Å². The van der Waals surface area contributed by atoms with Crippen molar-refractivity contribution in [1.29, 1.82) is 0 Å². The van der Waals surface area contributed by atoms with Gasteiger partial charge in [-0.1, -0.05) is 0 Å². The van der Waals surface area contributed by atoms with Gasteiger partial charge in [-0.3, -0.25) is 4.79 Å². The van der Waals surface area contributed by atoms with E-state index in [2.05, 4.69) is 0 Å². The summed E-state index contributed by atoms with van der Waals surface area (Å²) in [5.74, 6) is -0.833. The summed E-state index contributed by atoms with van der Waals surface area (Å²) in [6.07, 6.45) is 0. The standard InChI is InChI=1S/C2H4O2.BrH.H3N/c1-2(3)4;;/h1H3,(H,3,4);1H;1H3. The summed E-state index contributed by atoms with van der Waals surface area (Å²) in [4.78, 5) is 9.00. The minimum atomic E-state index is -0.833. The first-order valence-electron chi connectivity index (χ1n) is 0.928. The molecule has 0 aliphatic carbocycles. The second-order valence-electron chi connectivity index (χ2n) is 0.519. The van der Waals surface area contributed by atoms with E-state index in [1.54, 1.807) is 0 Å². The average molecular weight is 158 g/mol. The van der Waals surface area contributed by atoms with Crippen LogP contribution in [0.25, 0.3) is 0 Å². The lowest BCUT2D eigenvalue weighted by atomic mass is 10.9. The zero-order valence-electron chi connectivity index (χ0n) is 3.73. The van der Waals surface area contributed by atoms with Crippen LogP contribution in [0.4, 0.5) is 0 Å². The van der Waals surface area contributed by atoms with E-state index in [1.165, 1.54) is 0 Å². The Bertz CT molecular complexity index is 34.5. The molecule has 6 heavy (non-hydrogen) atoms. The minimum absolute atomic E-state index is 0. The fraction of sp³-hybridized carbons (Fsp3) is 0.500. The van der Waals surface area contributed by atoms with Crippen LogP contribution in [-0.4, -0.2) is 11.1 Å². The van der Waals surface area contributed by atoms with E-state index in [4.69, 9.17) is 9.90 Å². The Hall–Kier alpha value is -0.0900. The molecule has 4 heteroatoms. The molecule has 3 nitrogen and oxygen atoms in total. The average Bonchev–Trinajstić information content (AvgIpc) is 0.811. The monoisotopic (exact) mass is 157 g/mol. The van der Waals surface area contributed by atoms with Gasteiger partial charge in [-0.25, -0.2) is 0 Å². The van der Waals surface area contributed by atoms with E-state index < -0.39 is 5.97 Å². The predicted molar refractivity (Wildman–Crippen MR) is 19.3 cm³/mol. The normalized spacial score (nSPS) is 4.17.